The van der Waals surface area contributed by atoms with Crippen LogP contribution in [0.4, 0.5) is 5.69 Å². The Kier molecular flexibility index (Phi) is 4.46. The summed E-state index contributed by atoms with van der Waals surface area (Å²) in [6, 6.07) is 6.93. The molecule has 0 saturated heterocycles. The molecule has 2 atom stereocenters. The highest BCUT2D eigenvalue weighted by Crippen LogP contribution is 2.27. The average Bonchev–Trinajstić information content (AvgIpc) is 2.34. The predicted molar refractivity (Wildman–Crippen MR) is 75.6 cm³/mol. The topological polar surface area (TPSA) is 21.3 Å². The van der Waals surface area contributed by atoms with E-state index >= 15 is 0 Å². The van der Waals surface area contributed by atoms with Crippen LogP contribution in [0.3, 0.4) is 0 Å². The van der Waals surface area contributed by atoms with Crippen molar-refractivity contribution in [3.8, 4) is 0 Å². The first-order chi connectivity index (χ1) is 8.19. The fraction of sp³-hybridized carbons (Fsp3) is 0.571. The van der Waals surface area contributed by atoms with Crippen LogP contribution in [0.2, 0.25) is 0 Å². The van der Waals surface area contributed by atoms with E-state index in [-0.39, 0.29) is 0 Å². The molecule has 2 nitrogen and oxygen atoms in total. The number of aryl methyl sites for hydroxylation is 1. The van der Waals surface area contributed by atoms with Crippen molar-refractivity contribution in [2.24, 2.45) is 0 Å². The molecule has 1 saturated carbocycles. The summed E-state index contributed by atoms with van der Waals surface area (Å²) in [6.45, 7) is 2.14. The number of hydrogen-bond donors (Lipinski definition) is 1. The second kappa shape index (κ2) is 5.87. The Morgan fingerprint density at radius 1 is 1.35 bits per heavy atom. The van der Waals surface area contributed by atoms with Gasteiger partial charge in [-0.2, -0.15) is 0 Å². The Morgan fingerprint density at radius 3 is 2.94 bits per heavy atom. The maximum Gasteiger partial charge on any atom is 0.0590 e. The molecule has 3 heteroatoms. The van der Waals surface area contributed by atoms with Crippen LogP contribution in [-0.2, 0) is 4.74 Å². The molecule has 2 rings (SSSR count). The van der Waals surface area contributed by atoms with Crippen LogP contribution in [0.15, 0.2) is 22.7 Å². The third-order valence-electron chi connectivity index (χ3n) is 3.52. The summed E-state index contributed by atoms with van der Waals surface area (Å²) in [5.74, 6) is 0. The van der Waals surface area contributed by atoms with Crippen molar-refractivity contribution in [1.82, 2.24) is 0 Å². The van der Waals surface area contributed by atoms with Gasteiger partial charge in [0, 0.05) is 23.3 Å². The van der Waals surface area contributed by atoms with E-state index in [1.807, 2.05) is 7.11 Å². The summed E-state index contributed by atoms with van der Waals surface area (Å²) >= 11 is 3.52. The smallest absolute Gasteiger partial charge is 0.0590 e. The van der Waals surface area contributed by atoms with Crippen molar-refractivity contribution in [2.75, 3.05) is 12.4 Å². The SMILES string of the molecule is COC1CCCC(Nc2cc(Br)ccc2C)C1. The van der Waals surface area contributed by atoms with Gasteiger partial charge in [-0.1, -0.05) is 22.0 Å². The molecule has 0 heterocycles. The number of rotatable bonds is 3. The van der Waals surface area contributed by atoms with E-state index in [2.05, 4.69) is 46.4 Å². The van der Waals surface area contributed by atoms with Crippen LogP contribution in [0, 0.1) is 6.92 Å². The summed E-state index contributed by atoms with van der Waals surface area (Å²) < 4.78 is 6.59. The molecule has 17 heavy (non-hydrogen) atoms. The van der Waals surface area contributed by atoms with Crippen molar-refractivity contribution in [2.45, 2.75) is 44.8 Å². The zero-order valence-electron chi connectivity index (χ0n) is 10.5. The highest BCUT2D eigenvalue weighted by atomic mass is 79.9. The van der Waals surface area contributed by atoms with Crippen molar-refractivity contribution in [1.29, 1.82) is 0 Å². The van der Waals surface area contributed by atoms with Crippen molar-refractivity contribution < 1.29 is 4.74 Å². The van der Waals surface area contributed by atoms with Crippen LogP contribution >= 0.6 is 15.9 Å². The molecule has 0 radical (unpaired) electrons. The van der Waals surface area contributed by atoms with E-state index in [0.717, 1.165) is 10.9 Å². The molecular formula is C14H20BrNO. The van der Waals surface area contributed by atoms with Gasteiger partial charge in [0.25, 0.3) is 0 Å². The molecule has 0 amide bonds. The van der Waals surface area contributed by atoms with E-state index in [1.54, 1.807) is 0 Å². The number of benzene rings is 1. The maximum absolute atomic E-state index is 5.46. The fourth-order valence-corrected chi connectivity index (χ4v) is 2.82. The van der Waals surface area contributed by atoms with Crippen LogP contribution in [0.5, 0.6) is 0 Å². The molecule has 1 aromatic rings. The van der Waals surface area contributed by atoms with Gasteiger partial charge in [-0.25, -0.2) is 0 Å². The van der Waals surface area contributed by atoms with Gasteiger partial charge in [-0.3, -0.25) is 0 Å². The van der Waals surface area contributed by atoms with Gasteiger partial charge in [0.15, 0.2) is 0 Å². The zero-order valence-corrected chi connectivity index (χ0v) is 12.1. The predicted octanol–water partition coefficient (Wildman–Crippen LogP) is 4.13. The van der Waals surface area contributed by atoms with Crippen LogP contribution in [0.1, 0.15) is 31.2 Å². The van der Waals surface area contributed by atoms with E-state index in [1.165, 1.54) is 30.5 Å². The first-order valence-corrected chi connectivity index (χ1v) is 7.04. The third-order valence-corrected chi connectivity index (χ3v) is 4.01. The molecule has 1 aliphatic carbocycles. The molecule has 1 aliphatic rings. The number of nitrogens with one attached hydrogen (secondary N) is 1. The van der Waals surface area contributed by atoms with Gasteiger partial charge in [-0.05, 0) is 50.3 Å². The number of anilines is 1. The van der Waals surface area contributed by atoms with E-state index in [4.69, 9.17) is 4.74 Å². The molecule has 0 aliphatic heterocycles. The van der Waals surface area contributed by atoms with Gasteiger partial charge in [0.2, 0.25) is 0 Å². The Morgan fingerprint density at radius 2 is 2.18 bits per heavy atom. The van der Waals surface area contributed by atoms with E-state index in [0.29, 0.717) is 12.1 Å². The van der Waals surface area contributed by atoms with Gasteiger partial charge in [0.05, 0.1) is 6.10 Å². The minimum absolute atomic E-state index is 0.425. The lowest BCUT2D eigenvalue weighted by Crippen LogP contribution is -2.31. The van der Waals surface area contributed by atoms with Crippen LogP contribution < -0.4 is 5.32 Å². The lowest BCUT2D eigenvalue weighted by Gasteiger charge is -2.30. The van der Waals surface area contributed by atoms with Crippen molar-refractivity contribution in [3.63, 3.8) is 0 Å². The maximum atomic E-state index is 5.46. The van der Waals surface area contributed by atoms with E-state index < -0.39 is 0 Å². The van der Waals surface area contributed by atoms with Gasteiger partial charge in [0.1, 0.15) is 0 Å². The molecule has 1 N–H and O–H groups in total. The molecule has 0 bridgehead atoms. The zero-order chi connectivity index (χ0) is 12.3. The number of hydrogen-bond acceptors (Lipinski definition) is 2. The Hall–Kier alpha value is -0.540. The largest absolute Gasteiger partial charge is 0.382 e. The average molecular weight is 298 g/mol. The molecular weight excluding hydrogens is 278 g/mol. The lowest BCUT2D eigenvalue weighted by atomic mass is 9.92. The van der Waals surface area contributed by atoms with Crippen LogP contribution in [-0.4, -0.2) is 19.3 Å². The fourth-order valence-electron chi connectivity index (χ4n) is 2.46. The monoisotopic (exact) mass is 297 g/mol. The first-order valence-electron chi connectivity index (χ1n) is 6.24. The molecule has 1 aromatic carbocycles. The van der Waals surface area contributed by atoms with Gasteiger partial charge >= 0.3 is 0 Å². The minimum Gasteiger partial charge on any atom is -0.382 e. The summed E-state index contributed by atoms with van der Waals surface area (Å²) in [7, 11) is 1.82. The molecule has 0 spiro atoms. The second-order valence-corrected chi connectivity index (χ2v) is 5.74. The van der Waals surface area contributed by atoms with Gasteiger partial charge < -0.3 is 10.1 Å². The van der Waals surface area contributed by atoms with Crippen molar-refractivity contribution in [3.05, 3.63) is 28.2 Å². The Labute approximate surface area is 112 Å². The Balaban J connectivity index is 2.02. The number of ether oxygens (including phenoxy) is 1. The second-order valence-electron chi connectivity index (χ2n) is 4.82. The number of methoxy groups -OCH3 is 1. The highest BCUT2D eigenvalue weighted by molar-refractivity contribution is 9.10. The summed E-state index contributed by atoms with van der Waals surface area (Å²) in [5, 5.41) is 3.64. The summed E-state index contributed by atoms with van der Waals surface area (Å²) in [6.07, 6.45) is 5.23. The third kappa shape index (κ3) is 3.46. The van der Waals surface area contributed by atoms with Gasteiger partial charge in [-0.15, -0.1) is 0 Å². The van der Waals surface area contributed by atoms with E-state index in [9.17, 15) is 0 Å². The Bertz CT molecular complexity index is 380. The molecule has 94 valence electrons. The summed E-state index contributed by atoms with van der Waals surface area (Å²) in [5.41, 5.74) is 2.54. The molecule has 1 fully saturated rings. The number of halogens is 1. The molecule has 0 aromatic heterocycles. The highest BCUT2D eigenvalue weighted by Gasteiger charge is 2.21. The lowest BCUT2D eigenvalue weighted by molar-refractivity contribution is 0.0669. The standard InChI is InChI=1S/C14H20BrNO/c1-10-6-7-11(15)8-14(10)16-12-4-3-5-13(9-12)17-2/h6-8,12-13,16H,3-5,9H2,1-2H3. The normalized spacial score (nSPS) is 24.6. The van der Waals surface area contributed by atoms with Crippen molar-refractivity contribution >= 4 is 21.6 Å². The minimum atomic E-state index is 0.425. The quantitative estimate of drug-likeness (QED) is 0.906. The first kappa shape index (κ1) is 12.9. The summed E-state index contributed by atoms with van der Waals surface area (Å²) in [4.78, 5) is 0. The molecule has 2 unspecified atom stereocenters. The van der Waals surface area contributed by atoms with Crippen LogP contribution in [0.25, 0.3) is 0 Å².